The molecule has 1 saturated heterocycles. The number of nitrogens with zero attached hydrogens (tertiary/aromatic N) is 3. The van der Waals surface area contributed by atoms with E-state index in [2.05, 4.69) is 15.2 Å². The number of hydrogen-bond acceptors (Lipinski definition) is 4. The summed E-state index contributed by atoms with van der Waals surface area (Å²) in [6.45, 7) is 2.44. The SMILES string of the molecule is CNC(=O)[C@@H]1CN(C)CCN(C(=O)c2cnc3ccccc3c2)C1. The lowest BCUT2D eigenvalue weighted by molar-refractivity contribution is -0.125. The molecule has 0 spiro atoms. The lowest BCUT2D eigenvalue weighted by atomic mass is 10.1. The Bertz CT molecular complexity index is 762. The van der Waals surface area contributed by atoms with Crippen molar-refractivity contribution in [2.24, 2.45) is 5.92 Å². The third kappa shape index (κ3) is 3.38. The van der Waals surface area contributed by atoms with Crippen molar-refractivity contribution in [3.05, 3.63) is 42.1 Å². The quantitative estimate of drug-likeness (QED) is 0.894. The highest BCUT2D eigenvalue weighted by Gasteiger charge is 2.29. The monoisotopic (exact) mass is 326 g/mol. The maximum Gasteiger partial charge on any atom is 0.255 e. The number of carbonyl (C=O) groups excluding carboxylic acids is 2. The lowest BCUT2D eigenvalue weighted by Gasteiger charge is -2.23. The van der Waals surface area contributed by atoms with Crippen molar-refractivity contribution < 1.29 is 9.59 Å². The van der Waals surface area contributed by atoms with Crippen LogP contribution in [-0.4, -0.2) is 66.9 Å². The van der Waals surface area contributed by atoms with Crippen LogP contribution in [0.4, 0.5) is 0 Å². The molecule has 126 valence electrons. The Morgan fingerprint density at radius 2 is 2.00 bits per heavy atom. The van der Waals surface area contributed by atoms with Gasteiger partial charge in [0.2, 0.25) is 5.91 Å². The molecule has 1 aliphatic heterocycles. The van der Waals surface area contributed by atoms with Crippen LogP contribution in [0, 0.1) is 5.92 Å². The summed E-state index contributed by atoms with van der Waals surface area (Å²) in [6.07, 6.45) is 1.62. The van der Waals surface area contributed by atoms with Gasteiger partial charge in [-0.05, 0) is 19.2 Å². The highest BCUT2D eigenvalue weighted by molar-refractivity contribution is 5.97. The molecule has 1 N–H and O–H groups in total. The summed E-state index contributed by atoms with van der Waals surface area (Å²) in [5.74, 6) is -0.324. The van der Waals surface area contributed by atoms with E-state index in [4.69, 9.17) is 0 Å². The van der Waals surface area contributed by atoms with E-state index in [1.165, 1.54) is 0 Å². The molecule has 0 aliphatic carbocycles. The molecule has 1 aromatic heterocycles. The van der Waals surface area contributed by atoms with E-state index in [9.17, 15) is 9.59 Å². The van der Waals surface area contributed by atoms with Gasteiger partial charge in [0, 0.05) is 44.8 Å². The zero-order chi connectivity index (χ0) is 17.1. The second-order valence-electron chi connectivity index (χ2n) is 6.24. The molecule has 1 aliphatic rings. The van der Waals surface area contributed by atoms with Crippen molar-refractivity contribution in [2.75, 3.05) is 40.3 Å². The Hall–Kier alpha value is -2.47. The summed E-state index contributed by atoms with van der Waals surface area (Å²) in [7, 11) is 3.61. The van der Waals surface area contributed by atoms with Gasteiger partial charge in [-0.1, -0.05) is 18.2 Å². The summed E-state index contributed by atoms with van der Waals surface area (Å²) in [5.41, 5.74) is 1.43. The summed E-state index contributed by atoms with van der Waals surface area (Å²) >= 11 is 0. The number of hydrogen-bond donors (Lipinski definition) is 1. The number of rotatable bonds is 2. The number of likely N-dealkylation sites (N-methyl/N-ethyl adjacent to an activating group) is 1. The van der Waals surface area contributed by atoms with Crippen LogP contribution >= 0.6 is 0 Å². The molecule has 3 rings (SSSR count). The number of amides is 2. The van der Waals surface area contributed by atoms with Crippen LogP contribution in [0.15, 0.2) is 36.5 Å². The minimum Gasteiger partial charge on any atom is -0.359 e. The smallest absolute Gasteiger partial charge is 0.255 e. The minimum atomic E-state index is -0.222. The van der Waals surface area contributed by atoms with E-state index in [1.807, 2.05) is 37.4 Å². The minimum absolute atomic E-state index is 0.0295. The summed E-state index contributed by atoms with van der Waals surface area (Å²) < 4.78 is 0. The van der Waals surface area contributed by atoms with Crippen molar-refractivity contribution in [3.8, 4) is 0 Å². The van der Waals surface area contributed by atoms with Gasteiger partial charge in [-0.2, -0.15) is 0 Å². The molecule has 0 radical (unpaired) electrons. The van der Waals surface area contributed by atoms with Crippen molar-refractivity contribution in [3.63, 3.8) is 0 Å². The van der Waals surface area contributed by atoms with Gasteiger partial charge in [-0.3, -0.25) is 14.6 Å². The van der Waals surface area contributed by atoms with E-state index in [0.717, 1.165) is 17.4 Å². The Balaban J connectivity index is 1.84. The molecule has 6 heteroatoms. The van der Waals surface area contributed by atoms with Crippen LogP contribution in [0.1, 0.15) is 10.4 Å². The third-order valence-corrected chi connectivity index (χ3v) is 4.47. The fraction of sp³-hybridized carbons (Fsp3) is 0.389. The lowest BCUT2D eigenvalue weighted by Crippen LogP contribution is -2.41. The number of pyridine rings is 1. The van der Waals surface area contributed by atoms with Crippen LogP contribution in [0.5, 0.6) is 0 Å². The van der Waals surface area contributed by atoms with Gasteiger partial charge >= 0.3 is 0 Å². The van der Waals surface area contributed by atoms with Crippen LogP contribution in [-0.2, 0) is 4.79 Å². The predicted octanol–water partition coefficient (Wildman–Crippen LogP) is 0.985. The second-order valence-corrected chi connectivity index (χ2v) is 6.24. The topological polar surface area (TPSA) is 65.5 Å². The Morgan fingerprint density at radius 3 is 2.79 bits per heavy atom. The Labute approximate surface area is 141 Å². The largest absolute Gasteiger partial charge is 0.359 e. The number of benzene rings is 1. The summed E-state index contributed by atoms with van der Waals surface area (Å²) in [6, 6.07) is 9.60. The van der Waals surface area contributed by atoms with Gasteiger partial charge in [0.05, 0.1) is 17.0 Å². The number of fused-ring (bicyclic) bond motifs is 1. The van der Waals surface area contributed by atoms with Gasteiger partial charge in [0.25, 0.3) is 5.91 Å². The zero-order valence-electron chi connectivity index (χ0n) is 14.0. The Kier molecular flexibility index (Phi) is 4.76. The maximum absolute atomic E-state index is 12.9. The van der Waals surface area contributed by atoms with E-state index < -0.39 is 0 Å². The predicted molar refractivity (Wildman–Crippen MR) is 92.7 cm³/mol. The van der Waals surface area contributed by atoms with Crippen LogP contribution in [0.2, 0.25) is 0 Å². The van der Waals surface area contributed by atoms with Gasteiger partial charge in [0.1, 0.15) is 0 Å². The van der Waals surface area contributed by atoms with Gasteiger partial charge in [0.15, 0.2) is 0 Å². The first-order valence-corrected chi connectivity index (χ1v) is 8.12. The molecule has 6 nitrogen and oxygen atoms in total. The number of carbonyl (C=O) groups is 2. The average Bonchev–Trinajstić information content (AvgIpc) is 2.81. The van der Waals surface area contributed by atoms with Crippen LogP contribution in [0.3, 0.4) is 0 Å². The molecule has 1 aromatic carbocycles. The molecule has 0 unspecified atom stereocenters. The van der Waals surface area contributed by atoms with Crippen LogP contribution < -0.4 is 5.32 Å². The van der Waals surface area contributed by atoms with Gasteiger partial charge in [-0.15, -0.1) is 0 Å². The van der Waals surface area contributed by atoms with E-state index in [0.29, 0.717) is 25.2 Å². The van der Waals surface area contributed by atoms with Gasteiger partial charge in [-0.25, -0.2) is 0 Å². The molecular weight excluding hydrogens is 304 g/mol. The standard InChI is InChI=1S/C18H22N4O2/c1-19-17(23)15-11-21(2)7-8-22(12-15)18(24)14-9-13-5-3-4-6-16(13)20-10-14/h3-6,9-10,15H,7-8,11-12H2,1-2H3,(H,19,23)/t15-/m1/s1. The number of nitrogens with one attached hydrogen (secondary N) is 1. The van der Waals surface area contributed by atoms with Crippen molar-refractivity contribution in [1.29, 1.82) is 0 Å². The van der Waals surface area contributed by atoms with Crippen molar-refractivity contribution in [1.82, 2.24) is 20.1 Å². The highest BCUT2D eigenvalue weighted by atomic mass is 16.2. The second kappa shape index (κ2) is 6.97. The zero-order valence-corrected chi connectivity index (χ0v) is 14.0. The molecule has 2 heterocycles. The molecule has 1 fully saturated rings. The first-order valence-electron chi connectivity index (χ1n) is 8.12. The fourth-order valence-electron chi connectivity index (χ4n) is 3.10. The van der Waals surface area contributed by atoms with E-state index >= 15 is 0 Å². The number of aromatic nitrogens is 1. The molecule has 2 aromatic rings. The van der Waals surface area contributed by atoms with Gasteiger partial charge < -0.3 is 15.1 Å². The highest BCUT2D eigenvalue weighted by Crippen LogP contribution is 2.16. The molecule has 1 atom stereocenters. The molecular formula is C18H22N4O2. The molecule has 0 saturated carbocycles. The van der Waals surface area contributed by atoms with Crippen LogP contribution in [0.25, 0.3) is 10.9 Å². The molecule has 24 heavy (non-hydrogen) atoms. The fourth-order valence-corrected chi connectivity index (χ4v) is 3.10. The normalized spacial score (nSPS) is 19.1. The van der Waals surface area contributed by atoms with E-state index in [-0.39, 0.29) is 17.7 Å². The average molecular weight is 326 g/mol. The summed E-state index contributed by atoms with van der Waals surface area (Å²) in [5, 5.41) is 3.63. The van der Waals surface area contributed by atoms with Crippen molar-refractivity contribution in [2.45, 2.75) is 0 Å². The third-order valence-electron chi connectivity index (χ3n) is 4.47. The van der Waals surface area contributed by atoms with Crippen molar-refractivity contribution >= 4 is 22.7 Å². The molecule has 0 bridgehead atoms. The molecule has 2 amide bonds. The maximum atomic E-state index is 12.9. The van der Waals surface area contributed by atoms with E-state index in [1.54, 1.807) is 18.1 Å². The first-order chi connectivity index (χ1) is 11.6. The summed E-state index contributed by atoms with van der Waals surface area (Å²) in [4.78, 5) is 33.2. The number of para-hydroxylation sites is 1. The Morgan fingerprint density at radius 1 is 1.21 bits per heavy atom. The first kappa shape index (κ1) is 16.4.